The van der Waals surface area contributed by atoms with E-state index in [4.69, 9.17) is 9.52 Å². The van der Waals surface area contributed by atoms with E-state index in [2.05, 4.69) is 22.5 Å². The summed E-state index contributed by atoms with van der Waals surface area (Å²) < 4.78 is 80.9. The molecule has 0 saturated carbocycles. The van der Waals surface area contributed by atoms with Gasteiger partial charge in [-0.2, -0.15) is 13.2 Å². The molecule has 2 aromatic carbocycles. The minimum atomic E-state index is -4.42. The molecule has 2 heterocycles. The smallest absolute Gasteiger partial charge is 0.393 e. The molecule has 3 aromatic rings. The van der Waals surface area contributed by atoms with E-state index in [-0.39, 0.29) is 12.1 Å². The molecule has 0 aliphatic carbocycles. The normalized spacial score (nSPS) is 19.7. The standard InChI is InChI=1S/C27H30F4N4O2S2/c1-35-13-11-21(20(28)16-35)34-23-7-4-6-18-19(15-27(29,30)31)25(38-26(18)23)8-5-12-33-22-10-9-17(39(3,32)36)14-24(22)37-2/h4,6-7,9-10,14,20-21,32-34H,11-13,15-16H2,1-3H3/t20-,21-,39-/m1/s1. The Morgan fingerprint density at radius 1 is 1.26 bits per heavy atom. The van der Waals surface area contributed by atoms with Crippen molar-refractivity contribution in [1.29, 1.82) is 4.78 Å². The van der Waals surface area contributed by atoms with Crippen LogP contribution in [0.1, 0.15) is 16.9 Å². The van der Waals surface area contributed by atoms with Crippen LogP contribution < -0.4 is 15.4 Å². The van der Waals surface area contributed by atoms with E-state index in [1.165, 1.54) is 30.8 Å². The second kappa shape index (κ2) is 11.6. The van der Waals surface area contributed by atoms with Crippen molar-refractivity contribution < 1.29 is 26.5 Å². The van der Waals surface area contributed by atoms with Gasteiger partial charge in [-0.25, -0.2) is 13.4 Å². The molecular weight excluding hydrogens is 552 g/mol. The number of hydrogen-bond acceptors (Lipinski definition) is 7. The number of likely N-dealkylation sites (tertiary alicyclic amines) is 1. The van der Waals surface area contributed by atoms with Crippen LogP contribution in [0.4, 0.5) is 28.9 Å². The van der Waals surface area contributed by atoms with Gasteiger partial charge in [0.15, 0.2) is 0 Å². The highest BCUT2D eigenvalue weighted by atomic mass is 32.2. The van der Waals surface area contributed by atoms with Gasteiger partial charge in [0.05, 0.1) is 61.7 Å². The molecule has 1 fully saturated rings. The Balaban J connectivity index is 1.61. The molecule has 4 rings (SSSR count). The Kier molecular flexibility index (Phi) is 8.63. The Morgan fingerprint density at radius 2 is 2.03 bits per heavy atom. The molecule has 0 radical (unpaired) electrons. The SMILES string of the molecule is COc1cc([S@](C)(=N)=O)ccc1NCC#Cc1sc2c(N[C@@H]3CCN(C)C[C@H]3F)cccc2c1CC(F)(F)F. The number of ether oxygens (including phenoxy) is 1. The molecule has 0 bridgehead atoms. The van der Waals surface area contributed by atoms with Gasteiger partial charge in [-0.15, -0.1) is 11.3 Å². The van der Waals surface area contributed by atoms with E-state index >= 15 is 0 Å². The molecule has 1 aromatic heterocycles. The van der Waals surface area contributed by atoms with Gasteiger partial charge in [-0.1, -0.05) is 24.0 Å². The number of rotatable bonds is 7. The molecule has 0 unspecified atom stereocenters. The lowest BCUT2D eigenvalue weighted by atomic mass is 10.0. The Morgan fingerprint density at radius 3 is 2.69 bits per heavy atom. The quantitative estimate of drug-likeness (QED) is 0.237. The molecule has 0 amide bonds. The third-order valence-corrected chi connectivity index (χ3v) is 8.82. The second-order valence-electron chi connectivity index (χ2n) is 9.56. The third kappa shape index (κ3) is 7.15. The number of nitrogens with one attached hydrogen (secondary N) is 3. The van der Waals surface area contributed by atoms with Crippen molar-refractivity contribution in [2.24, 2.45) is 0 Å². The first-order valence-electron chi connectivity index (χ1n) is 12.2. The van der Waals surface area contributed by atoms with E-state index in [1.54, 1.807) is 30.3 Å². The van der Waals surface area contributed by atoms with Crippen LogP contribution >= 0.6 is 11.3 Å². The van der Waals surface area contributed by atoms with Crippen molar-refractivity contribution >= 4 is 42.5 Å². The number of benzene rings is 2. The fourth-order valence-electron chi connectivity index (χ4n) is 4.50. The highest BCUT2D eigenvalue weighted by Gasteiger charge is 2.32. The number of alkyl halides is 4. The van der Waals surface area contributed by atoms with Crippen LogP contribution in [0.15, 0.2) is 41.3 Å². The molecule has 6 nitrogen and oxygen atoms in total. The first-order valence-corrected chi connectivity index (χ1v) is 15.0. The summed E-state index contributed by atoms with van der Waals surface area (Å²) >= 11 is 1.17. The van der Waals surface area contributed by atoms with Gasteiger partial charge in [0.25, 0.3) is 0 Å². The van der Waals surface area contributed by atoms with Gasteiger partial charge in [0, 0.05) is 19.3 Å². The molecule has 1 aliphatic rings. The van der Waals surface area contributed by atoms with Crippen molar-refractivity contribution in [2.75, 3.05) is 50.7 Å². The maximum absolute atomic E-state index is 14.7. The highest BCUT2D eigenvalue weighted by molar-refractivity contribution is 7.91. The fourth-order valence-corrected chi connectivity index (χ4v) is 6.33. The molecule has 12 heteroatoms. The van der Waals surface area contributed by atoms with Crippen LogP contribution in [-0.2, 0) is 16.1 Å². The largest absolute Gasteiger partial charge is 0.495 e. The number of thiophene rings is 1. The molecule has 1 saturated heterocycles. The summed E-state index contributed by atoms with van der Waals surface area (Å²) in [5.74, 6) is 6.17. The average Bonchev–Trinajstić information content (AvgIpc) is 3.19. The van der Waals surface area contributed by atoms with Crippen LogP contribution in [0.5, 0.6) is 5.75 Å². The first kappa shape index (κ1) is 29.0. The molecule has 0 spiro atoms. The first-order chi connectivity index (χ1) is 18.4. The maximum Gasteiger partial charge on any atom is 0.393 e. The number of piperidine rings is 1. The molecule has 3 N–H and O–H groups in total. The zero-order valence-electron chi connectivity index (χ0n) is 21.7. The maximum atomic E-state index is 14.7. The van der Waals surface area contributed by atoms with Crippen LogP contribution in [-0.4, -0.2) is 67.5 Å². The average molecular weight is 583 g/mol. The minimum absolute atomic E-state index is 0.105. The van der Waals surface area contributed by atoms with E-state index in [1.807, 2.05) is 11.9 Å². The number of fused-ring (bicyclic) bond motifs is 1. The molecule has 3 atom stereocenters. The van der Waals surface area contributed by atoms with Crippen LogP contribution in [0, 0.1) is 16.6 Å². The van der Waals surface area contributed by atoms with Gasteiger partial charge in [-0.3, -0.25) is 0 Å². The number of halogens is 4. The van der Waals surface area contributed by atoms with Gasteiger partial charge in [0.2, 0.25) is 0 Å². The van der Waals surface area contributed by atoms with E-state index < -0.39 is 34.5 Å². The predicted molar refractivity (Wildman–Crippen MR) is 149 cm³/mol. The summed E-state index contributed by atoms with van der Waals surface area (Å²) in [5.41, 5.74) is 1.27. The van der Waals surface area contributed by atoms with E-state index in [0.717, 1.165) is 6.54 Å². The highest BCUT2D eigenvalue weighted by Crippen LogP contribution is 2.39. The van der Waals surface area contributed by atoms with Crippen molar-refractivity contribution in [3.63, 3.8) is 0 Å². The van der Waals surface area contributed by atoms with Gasteiger partial charge in [-0.05, 0) is 48.7 Å². The Hall–Kier alpha value is -3.01. The van der Waals surface area contributed by atoms with Crippen molar-refractivity contribution in [3.8, 4) is 17.6 Å². The van der Waals surface area contributed by atoms with Gasteiger partial charge < -0.3 is 20.3 Å². The summed E-state index contributed by atoms with van der Waals surface area (Å²) in [6.07, 6.45) is -4.72. The van der Waals surface area contributed by atoms with E-state index in [9.17, 15) is 21.8 Å². The van der Waals surface area contributed by atoms with Crippen LogP contribution in [0.3, 0.4) is 0 Å². The number of hydrogen-bond donors (Lipinski definition) is 3. The molecule has 39 heavy (non-hydrogen) atoms. The van der Waals surface area contributed by atoms with Crippen LogP contribution in [0.25, 0.3) is 10.1 Å². The second-order valence-corrected chi connectivity index (χ2v) is 12.7. The topological polar surface area (TPSA) is 77.4 Å². The lowest BCUT2D eigenvalue weighted by molar-refractivity contribution is -0.126. The summed E-state index contributed by atoms with van der Waals surface area (Å²) in [4.78, 5) is 2.54. The van der Waals surface area contributed by atoms with Crippen LogP contribution in [0.2, 0.25) is 0 Å². The van der Waals surface area contributed by atoms with Gasteiger partial charge in [0.1, 0.15) is 11.9 Å². The summed E-state index contributed by atoms with van der Waals surface area (Å²) in [6.45, 7) is 1.15. The molecular formula is C27H30F4N4O2S2. The lowest BCUT2D eigenvalue weighted by Gasteiger charge is -2.33. The molecule has 1 aliphatic heterocycles. The van der Waals surface area contributed by atoms with Crippen molar-refractivity contribution in [3.05, 3.63) is 46.8 Å². The Bertz CT molecular complexity index is 1510. The summed E-state index contributed by atoms with van der Waals surface area (Å²) in [5, 5.41) is 6.75. The number of nitrogens with zero attached hydrogens (tertiary/aromatic N) is 1. The zero-order valence-corrected chi connectivity index (χ0v) is 23.4. The number of anilines is 2. The van der Waals surface area contributed by atoms with E-state index in [0.29, 0.717) is 49.9 Å². The summed E-state index contributed by atoms with van der Waals surface area (Å²) in [6, 6.07) is 9.37. The van der Waals surface area contributed by atoms with Gasteiger partial charge >= 0.3 is 6.18 Å². The zero-order chi connectivity index (χ0) is 28.4. The number of methoxy groups -OCH3 is 1. The van der Waals surface area contributed by atoms with Crippen molar-refractivity contribution in [2.45, 2.75) is 36.1 Å². The predicted octanol–water partition coefficient (Wildman–Crippen LogP) is 5.97. The minimum Gasteiger partial charge on any atom is -0.495 e. The van der Waals surface area contributed by atoms with Crippen molar-refractivity contribution in [1.82, 2.24) is 4.90 Å². The fraction of sp³-hybridized carbons (Fsp3) is 0.407. The monoisotopic (exact) mass is 582 g/mol. The lowest BCUT2D eigenvalue weighted by Crippen LogP contribution is -2.46. The third-order valence-electron chi connectivity index (χ3n) is 6.47. The molecule has 210 valence electrons. The Labute approximate surface area is 229 Å². The summed E-state index contributed by atoms with van der Waals surface area (Å²) in [7, 11) is 0.385.